The Morgan fingerprint density at radius 1 is 1.00 bits per heavy atom. The van der Waals surface area contributed by atoms with Gasteiger partial charge in [-0.05, 0) is 18.2 Å². The molecule has 3 aromatic rings. The monoisotopic (exact) mass is 244 g/mol. The van der Waals surface area contributed by atoms with Crippen molar-refractivity contribution < 1.29 is 10.7 Å². The molecule has 0 atom stereocenters. The van der Waals surface area contributed by atoms with Gasteiger partial charge in [0.2, 0.25) is 5.43 Å². The van der Waals surface area contributed by atoms with E-state index in [1.54, 1.807) is 17.4 Å². The van der Waals surface area contributed by atoms with Crippen LogP contribution in [-0.4, -0.2) is 5.21 Å². The summed E-state index contributed by atoms with van der Waals surface area (Å²) in [5, 5.41) is 10.5. The average molecular weight is 244 g/mol. The minimum Gasteiger partial charge on any atom is -0.288 e. The molecule has 0 aliphatic carbocycles. The zero-order valence-electron chi connectivity index (χ0n) is 8.88. The van der Waals surface area contributed by atoms with Gasteiger partial charge in [0.1, 0.15) is 5.39 Å². The van der Waals surface area contributed by atoms with Crippen molar-refractivity contribution in [3.8, 4) is 0 Å². The first-order valence-corrected chi connectivity index (χ1v) is 6.05. The normalized spacial score (nSPS) is 11.1. The molecule has 0 radical (unpaired) electrons. The van der Waals surface area contributed by atoms with Gasteiger partial charge in [0.05, 0.1) is 0 Å². The molecular formula is C13H10NO2S+. The van der Waals surface area contributed by atoms with E-state index in [0.29, 0.717) is 16.5 Å². The molecule has 0 saturated heterocycles. The fourth-order valence-electron chi connectivity index (χ4n) is 1.98. The second kappa shape index (κ2) is 3.92. The molecule has 2 aromatic carbocycles. The highest BCUT2D eigenvalue weighted by Gasteiger charge is 2.11. The van der Waals surface area contributed by atoms with Crippen LogP contribution in [0.15, 0.2) is 47.3 Å². The highest BCUT2D eigenvalue weighted by molar-refractivity contribution is 7.24. The van der Waals surface area contributed by atoms with Gasteiger partial charge in [-0.25, -0.2) is 5.21 Å². The molecule has 3 rings (SSSR count). The zero-order valence-corrected chi connectivity index (χ0v) is 9.70. The molecule has 1 aromatic heterocycles. The van der Waals surface area contributed by atoms with E-state index in [1.165, 1.54) is 0 Å². The molecule has 3 nitrogen and oxygen atoms in total. The van der Waals surface area contributed by atoms with Crippen LogP contribution in [0.2, 0.25) is 0 Å². The quantitative estimate of drug-likeness (QED) is 0.391. The maximum absolute atomic E-state index is 12.3. The summed E-state index contributed by atoms with van der Waals surface area (Å²) in [6.45, 7) is 0. The number of nitrogens with two attached hydrogens (primary N) is 1. The molecule has 0 amide bonds. The zero-order chi connectivity index (χ0) is 11.8. The van der Waals surface area contributed by atoms with Crippen LogP contribution in [0.5, 0.6) is 0 Å². The Hall–Kier alpha value is -1.75. The molecule has 0 unspecified atom stereocenters. The lowest BCUT2D eigenvalue weighted by atomic mass is 10.1. The van der Waals surface area contributed by atoms with Crippen LogP contribution in [0.4, 0.5) is 5.69 Å². The average Bonchev–Trinajstić information content (AvgIpc) is 2.38. The van der Waals surface area contributed by atoms with E-state index in [2.05, 4.69) is 0 Å². The summed E-state index contributed by atoms with van der Waals surface area (Å²) in [4.78, 5) is 12.3. The van der Waals surface area contributed by atoms with Gasteiger partial charge >= 0.3 is 0 Å². The number of rotatable bonds is 1. The van der Waals surface area contributed by atoms with E-state index in [1.807, 2.05) is 36.4 Å². The highest BCUT2D eigenvalue weighted by atomic mass is 32.1. The standard InChI is InChI=1S/C13H9NO2S/c15-13-8-4-1-2-6-10(8)17-11-7-3-5-9(14-16)12(11)13/h1-7,14,16H/p+1. The summed E-state index contributed by atoms with van der Waals surface area (Å²) in [6, 6.07) is 13.0. The number of benzene rings is 2. The molecular weight excluding hydrogens is 234 g/mol. The number of quaternary nitrogens is 1. The summed E-state index contributed by atoms with van der Waals surface area (Å²) >= 11 is 1.56. The van der Waals surface area contributed by atoms with Crippen molar-refractivity contribution in [2.24, 2.45) is 0 Å². The van der Waals surface area contributed by atoms with Gasteiger partial charge in [-0.15, -0.1) is 11.3 Å². The van der Waals surface area contributed by atoms with Crippen molar-refractivity contribution in [1.82, 2.24) is 0 Å². The van der Waals surface area contributed by atoms with Crippen molar-refractivity contribution in [2.75, 3.05) is 0 Å². The van der Waals surface area contributed by atoms with E-state index in [9.17, 15) is 10.0 Å². The van der Waals surface area contributed by atoms with Crippen molar-refractivity contribution in [1.29, 1.82) is 0 Å². The largest absolute Gasteiger partial charge is 0.288 e. The summed E-state index contributed by atoms with van der Waals surface area (Å²) in [5.74, 6) is 0. The Labute approximate surface area is 101 Å². The summed E-state index contributed by atoms with van der Waals surface area (Å²) in [6.07, 6.45) is 0. The third-order valence-corrected chi connectivity index (χ3v) is 3.91. The molecule has 0 fully saturated rings. The van der Waals surface area contributed by atoms with Crippen LogP contribution < -0.4 is 10.9 Å². The van der Waals surface area contributed by atoms with E-state index < -0.39 is 0 Å². The molecule has 0 bridgehead atoms. The van der Waals surface area contributed by atoms with Gasteiger partial charge in [0.15, 0.2) is 5.69 Å². The first-order valence-electron chi connectivity index (χ1n) is 5.23. The predicted molar refractivity (Wildman–Crippen MR) is 69.0 cm³/mol. The SMILES string of the molecule is O=c1c2ccccc2sc2cccc([NH2+]O)c12. The predicted octanol–water partition coefficient (Wildman–Crippen LogP) is 2.00. The topological polar surface area (TPSA) is 53.9 Å². The summed E-state index contributed by atoms with van der Waals surface area (Å²) in [7, 11) is 0. The van der Waals surface area contributed by atoms with Gasteiger partial charge in [-0.1, -0.05) is 18.2 Å². The van der Waals surface area contributed by atoms with Gasteiger partial charge in [0, 0.05) is 20.9 Å². The number of fused-ring (bicyclic) bond motifs is 2. The van der Waals surface area contributed by atoms with Gasteiger partial charge in [0.25, 0.3) is 0 Å². The molecule has 0 aliphatic rings. The number of hydrogen-bond acceptors (Lipinski definition) is 3. The van der Waals surface area contributed by atoms with E-state index in [0.717, 1.165) is 14.9 Å². The van der Waals surface area contributed by atoms with Crippen molar-refractivity contribution in [2.45, 2.75) is 0 Å². The Bertz CT molecular complexity index is 764. The van der Waals surface area contributed by atoms with Crippen LogP contribution in [0.1, 0.15) is 0 Å². The minimum absolute atomic E-state index is 0.0183. The second-order valence-corrected chi connectivity index (χ2v) is 4.86. The molecule has 0 aliphatic heterocycles. The molecule has 84 valence electrons. The molecule has 0 saturated carbocycles. The van der Waals surface area contributed by atoms with Crippen LogP contribution >= 0.6 is 11.3 Å². The molecule has 4 heteroatoms. The molecule has 0 spiro atoms. The third-order valence-electron chi connectivity index (χ3n) is 2.78. The maximum Gasteiger partial charge on any atom is 0.201 e. The van der Waals surface area contributed by atoms with Crippen molar-refractivity contribution >= 4 is 37.2 Å². The lowest BCUT2D eigenvalue weighted by Crippen LogP contribution is -2.74. The second-order valence-electron chi connectivity index (χ2n) is 3.78. The molecule has 3 N–H and O–H groups in total. The summed E-state index contributed by atoms with van der Waals surface area (Å²) in [5.41, 5.74) is 1.55. The maximum atomic E-state index is 12.3. The fourth-order valence-corrected chi connectivity index (χ4v) is 3.09. The van der Waals surface area contributed by atoms with Crippen molar-refractivity contribution in [3.05, 3.63) is 52.7 Å². The summed E-state index contributed by atoms with van der Waals surface area (Å²) < 4.78 is 1.87. The smallest absolute Gasteiger partial charge is 0.201 e. The Kier molecular flexibility index (Phi) is 2.40. The van der Waals surface area contributed by atoms with Gasteiger partial charge in [-0.3, -0.25) is 4.79 Å². The third kappa shape index (κ3) is 1.54. The lowest BCUT2D eigenvalue weighted by molar-refractivity contribution is -0.824. The van der Waals surface area contributed by atoms with Crippen LogP contribution in [-0.2, 0) is 0 Å². The van der Waals surface area contributed by atoms with Crippen LogP contribution in [0, 0.1) is 0 Å². The fraction of sp³-hybridized carbons (Fsp3) is 0. The highest BCUT2D eigenvalue weighted by Crippen LogP contribution is 2.26. The Morgan fingerprint density at radius 2 is 1.76 bits per heavy atom. The molecule has 1 heterocycles. The first kappa shape index (κ1) is 10.4. The lowest BCUT2D eigenvalue weighted by Gasteiger charge is -2.01. The molecule has 17 heavy (non-hydrogen) atoms. The van der Waals surface area contributed by atoms with E-state index in [-0.39, 0.29) is 5.43 Å². The first-order chi connectivity index (χ1) is 8.31. The van der Waals surface area contributed by atoms with E-state index >= 15 is 0 Å². The minimum atomic E-state index is -0.0183. The van der Waals surface area contributed by atoms with Gasteiger partial charge in [-0.2, -0.15) is 5.48 Å². The van der Waals surface area contributed by atoms with Gasteiger partial charge < -0.3 is 0 Å². The van der Waals surface area contributed by atoms with Crippen molar-refractivity contribution in [3.63, 3.8) is 0 Å². The van der Waals surface area contributed by atoms with E-state index in [4.69, 9.17) is 0 Å². The van der Waals surface area contributed by atoms with Crippen LogP contribution in [0.3, 0.4) is 0 Å². The van der Waals surface area contributed by atoms with Crippen LogP contribution in [0.25, 0.3) is 20.2 Å². The Balaban J connectivity index is 2.60. The Morgan fingerprint density at radius 3 is 2.59 bits per heavy atom. The number of hydrogen-bond donors (Lipinski definition) is 2.